The predicted molar refractivity (Wildman–Crippen MR) is 120 cm³/mol. The summed E-state index contributed by atoms with van der Waals surface area (Å²) in [5, 5.41) is 2.93. The van der Waals surface area contributed by atoms with Gasteiger partial charge in [-0.1, -0.05) is 30.0 Å². The van der Waals surface area contributed by atoms with Crippen molar-refractivity contribution in [3.63, 3.8) is 0 Å². The van der Waals surface area contributed by atoms with Crippen LogP contribution in [0.2, 0.25) is 0 Å². The number of amides is 1. The van der Waals surface area contributed by atoms with Crippen molar-refractivity contribution >= 4 is 50.7 Å². The molecule has 0 atom stereocenters. The van der Waals surface area contributed by atoms with Crippen molar-refractivity contribution in [1.29, 1.82) is 0 Å². The van der Waals surface area contributed by atoms with Crippen LogP contribution in [0.3, 0.4) is 0 Å². The number of fused-ring (bicyclic) bond motifs is 1. The third-order valence-corrected chi connectivity index (χ3v) is 6.67. The Balaban J connectivity index is 1.44. The Morgan fingerprint density at radius 3 is 2.60 bits per heavy atom. The fourth-order valence-corrected chi connectivity index (χ4v) is 4.92. The van der Waals surface area contributed by atoms with Crippen molar-refractivity contribution < 1.29 is 14.0 Å². The Labute approximate surface area is 181 Å². The summed E-state index contributed by atoms with van der Waals surface area (Å²) in [7, 11) is 0. The number of anilines is 1. The first kappa shape index (κ1) is 20.3. The smallest absolute Gasteiger partial charge is 0.255 e. The summed E-state index contributed by atoms with van der Waals surface area (Å²) < 4.78 is 14.7. The molecule has 1 N–H and O–H groups in total. The van der Waals surface area contributed by atoms with Gasteiger partial charge in [0.25, 0.3) is 5.91 Å². The molecule has 4 rings (SSSR count). The molecule has 1 aromatic heterocycles. The number of benzene rings is 3. The molecule has 0 aliphatic rings. The van der Waals surface area contributed by atoms with Crippen molar-refractivity contribution in [1.82, 2.24) is 4.98 Å². The topological polar surface area (TPSA) is 59.1 Å². The highest BCUT2D eigenvalue weighted by Crippen LogP contribution is 2.31. The number of halogens is 1. The average molecular weight is 437 g/mol. The highest BCUT2D eigenvalue weighted by atomic mass is 32.2. The van der Waals surface area contributed by atoms with Crippen molar-refractivity contribution in [3.05, 3.63) is 89.2 Å². The predicted octanol–water partition coefficient (Wildman–Crippen LogP) is 5.97. The molecule has 0 saturated carbocycles. The minimum absolute atomic E-state index is 0.0783. The molecule has 150 valence electrons. The number of carbonyl (C=O) groups is 2. The van der Waals surface area contributed by atoms with Gasteiger partial charge in [-0.15, -0.1) is 11.3 Å². The molecule has 7 heteroatoms. The van der Waals surface area contributed by atoms with Crippen LogP contribution in [0.25, 0.3) is 10.2 Å². The fraction of sp³-hybridized carbons (Fsp3) is 0.0870. The van der Waals surface area contributed by atoms with E-state index in [2.05, 4.69) is 10.3 Å². The van der Waals surface area contributed by atoms with E-state index in [0.29, 0.717) is 16.8 Å². The van der Waals surface area contributed by atoms with Crippen LogP contribution >= 0.6 is 23.1 Å². The monoisotopic (exact) mass is 436 g/mol. The van der Waals surface area contributed by atoms with E-state index in [-0.39, 0.29) is 23.3 Å². The zero-order valence-electron chi connectivity index (χ0n) is 16.0. The summed E-state index contributed by atoms with van der Waals surface area (Å²) in [5.41, 5.74) is 3.53. The van der Waals surface area contributed by atoms with Crippen LogP contribution in [0.4, 0.5) is 10.1 Å². The Hall–Kier alpha value is -3.03. The van der Waals surface area contributed by atoms with Gasteiger partial charge >= 0.3 is 0 Å². The summed E-state index contributed by atoms with van der Waals surface area (Å²) in [5.74, 6) is -0.375. The molecular weight excluding hydrogens is 419 g/mol. The van der Waals surface area contributed by atoms with Crippen LogP contribution in [0, 0.1) is 12.7 Å². The first-order chi connectivity index (χ1) is 14.5. The van der Waals surface area contributed by atoms with E-state index in [4.69, 9.17) is 0 Å². The van der Waals surface area contributed by atoms with E-state index < -0.39 is 0 Å². The van der Waals surface area contributed by atoms with E-state index in [1.807, 2.05) is 43.3 Å². The third kappa shape index (κ3) is 4.58. The van der Waals surface area contributed by atoms with Gasteiger partial charge in [-0.05, 0) is 61.0 Å². The second-order valence-electron chi connectivity index (χ2n) is 6.65. The number of thiazole rings is 1. The molecule has 0 fully saturated rings. The van der Waals surface area contributed by atoms with Crippen molar-refractivity contribution in [2.45, 2.75) is 11.3 Å². The molecular formula is C23H17FN2O2S2. The van der Waals surface area contributed by atoms with E-state index in [1.165, 1.54) is 47.4 Å². The minimum Gasteiger partial charge on any atom is -0.322 e. The number of carbonyl (C=O) groups excluding carboxylic acids is 2. The van der Waals surface area contributed by atoms with Crippen molar-refractivity contribution in [2.24, 2.45) is 0 Å². The lowest BCUT2D eigenvalue weighted by Gasteiger charge is -2.07. The second-order valence-corrected chi connectivity index (χ2v) is 8.90. The van der Waals surface area contributed by atoms with Crippen LogP contribution in [0.1, 0.15) is 26.3 Å². The summed E-state index contributed by atoms with van der Waals surface area (Å²) in [6.45, 7) is 1.90. The lowest BCUT2D eigenvalue weighted by Crippen LogP contribution is -2.13. The van der Waals surface area contributed by atoms with Gasteiger partial charge in [-0.25, -0.2) is 9.37 Å². The van der Waals surface area contributed by atoms with Crippen LogP contribution in [0.15, 0.2) is 71.1 Å². The number of hydrogen-bond donors (Lipinski definition) is 1. The minimum atomic E-state index is -0.365. The van der Waals surface area contributed by atoms with Gasteiger partial charge in [0.2, 0.25) is 0 Å². The number of Topliss-reactive ketones (excluding diaryl/α,β-unsaturated/α-hetero) is 1. The fourth-order valence-electron chi connectivity index (χ4n) is 2.92. The first-order valence-corrected chi connectivity index (χ1v) is 11.0. The lowest BCUT2D eigenvalue weighted by molar-refractivity contribution is 0.101. The summed E-state index contributed by atoms with van der Waals surface area (Å²) >= 11 is 2.81. The van der Waals surface area contributed by atoms with Crippen molar-refractivity contribution in [3.8, 4) is 0 Å². The Morgan fingerprint density at radius 1 is 1.07 bits per heavy atom. The molecule has 0 radical (unpaired) electrons. The third-order valence-electron chi connectivity index (χ3n) is 4.51. The molecule has 3 aromatic carbocycles. The zero-order chi connectivity index (χ0) is 21.1. The zero-order valence-corrected chi connectivity index (χ0v) is 17.6. The number of ketones is 1. The summed E-state index contributed by atoms with van der Waals surface area (Å²) in [6.07, 6.45) is 0. The number of nitrogens with zero attached hydrogens (tertiary/aromatic N) is 1. The number of thioether (sulfide) groups is 1. The number of aryl methyl sites for hydroxylation is 1. The van der Waals surface area contributed by atoms with Gasteiger partial charge in [0.05, 0.1) is 16.0 Å². The molecule has 1 amide bonds. The SMILES string of the molecule is Cc1ccccc1C(=O)Nc1ccc2nc(SCC(=O)c3ccc(F)cc3)sc2c1. The maximum Gasteiger partial charge on any atom is 0.255 e. The van der Waals surface area contributed by atoms with Crippen molar-refractivity contribution in [2.75, 3.05) is 11.1 Å². The standard InChI is InChI=1S/C23H17FN2O2S2/c1-14-4-2-3-5-18(14)22(28)25-17-10-11-19-21(12-17)30-23(26-19)29-13-20(27)15-6-8-16(24)9-7-15/h2-12H,13H2,1H3,(H,25,28). The number of rotatable bonds is 6. The van der Waals surface area contributed by atoms with Crippen LogP contribution in [0.5, 0.6) is 0 Å². The van der Waals surface area contributed by atoms with Gasteiger partial charge in [0, 0.05) is 16.8 Å². The molecule has 0 aliphatic heterocycles. The Kier molecular flexibility index (Phi) is 5.92. The highest BCUT2D eigenvalue weighted by Gasteiger charge is 2.12. The second kappa shape index (κ2) is 8.77. The van der Waals surface area contributed by atoms with E-state index in [9.17, 15) is 14.0 Å². The van der Waals surface area contributed by atoms with Crippen LogP contribution in [-0.4, -0.2) is 22.4 Å². The van der Waals surface area contributed by atoms with Gasteiger partial charge in [0.15, 0.2) is 10.1 Å². The lowest BCUT2D eigenvalue weighted by atomic mass is 10.1. The van der Waals surface area contributed by atoms with Gasteiger partial charge in [-0.2, -0.15) is 0 Å². The largest absolute Gasteiger partial charge is 0.322 e. The number of hydrogen-bond acceptors (Lipinski definition) is 5. The Morgan fingerprint density at radius 2 is 1.83 bits per heavy atom. The maximum absolute atomic E-state index is 13.0. The molecule has 0 spiro atoms. The van der Waals surface area contributed by atoms with Gasteiger partial charge < -0.3 is 5.32 Å². The normalized spacial score (nSPS) is 10.9. The van der Waals surface area contributed by atoms with Gasteiger partial charge in [0.1, 0.15) is 5.82 Å². The average Bonchev–Trinajstić information content (AvgIpc) is 3.15. The molecule has 0 unspecified atom stereocenters. The van der Waals surface area contributed by atoms with Crippen LogP contribution < -0.4 is 5.32 Å². The van der Waals surface area contributed by atoms with E-state index >= 15 is 0 Å². The first-order valence-electron chi connectivity index (χ1n) is 9.19. The molecule has 0 bridgehead atoms. The number of aromatic nitrogens is 1. The van der Waals surface area contributed by atoms with Crippen LogP contribution in [-0.2, 0) is 0 Å². The summed E-state index contributed by atoms with van der Waals surface area (Å²) in [4.78, 5) is 29.3. The van der Waals surface area contributed by atoms with E-state index in [0.717, 1.165) is 20.1 Å². The quantitative estimate of drug-likeness (QED) is 0.299. The molecule has 4 aromatic rings. The summed E-state index contributed by atoms with van der Waals surface area (Å²) in [6, 6.07) is 18.5. The molecule has 0 aliphatic carbocycles. The Bertz CT molecular complexity index is 1240. The highest BCUT2D eigenvalue weighted by molar-refractivity contribution is 8.01. The van der Waals surface area contributed by atoms with E-state index in [1.54, 1.807) is 6.07 Å². The van der Waals surface area contributed by atoms with Gasteiger partial charge in [-0.3, -0.25) is 9.59 Å². The molecule has 30 heavy (non-hydrogen) atoms. The molecule has 4 nitrogen and oxygen atoms in total. The number of nitrogens with one attached hydrogen (secondary N) is 1. The maximum atomic E-state index is 13.0. The molecule has 0 saturated heterocycles. The molecule has 1 heterocycles.